The van der Waals surface area contributed by atoms with Gasteiger partial charge in [0.15, 0.2) is 0 Å². The monoisotopic (exact) mass is 708 g/mol. The quantitative estimate of drug-likeness (QED) is 0.174. The zero-order valence-corrected chi connectivity index (χ0v) is 30.4. The van der Waals surface area contributed by atoms with Crippen LogP contribution in [0.15, 0.2) is 199 Å². The van der Waals surface area contributed by atoms with Gasteiger partial charge in [-0.1, -0.05) is 158 Å². The molecule has 11 aromatic rings. The molecule has 0 unspecified atom stereocenters. The largest absolute Gasteiger partial charge is 0.455 e. The van der Waals surface area contributed by atoms with E-state index < -0.39 is 5.41 Å². The summed E-state index contributed by atoms with van der Waals surface area (Å²) in [5.74, 6) is 0. The van der Waals surface area contributed by atoms with E-state index in [2.05, 4.69) is 194 Å². The van der Waals surface area contributed by atoms with E-state index in [1.807, 2.05) is 0 Å². The normalized spacial score (nSPS) is 13.5. The van der Waals surface area contributed by atoms with Crippen molar-refractivity contribution in [1.29, 1.82) is 0 Å². The van der Waals surface area contributed by atoms with Gasteiger partial charge in [0.25, 0.3) is 0 Å². The minimum atomic E-state index is -0.408. The molecule has 56 heavy (non-hydrogen) atoms. The van der Waals surface area contributed by atoms with Crippen molar-refractivity contribution >= 4 is 54.3 Å². The van der Waals surface area contributed by atoms with E-state index in [1.165, 1.54) is 93.7 Å². The molecule has 1 aromatic heterocycles. The molecule has 1 heterocycles. The number of hydrogen-bond acceptors (Lipinski definition) is 1. The Morgan fingerprint density at radius 1 is 0.321 bits per heavy atom. The zero-order valence-electron chi connectivity index (χ0n) is 30.4. The van der Waals surface area contributed by atoms with Gasteiger partial charge in [-0.15, -0.1) is 0 Å². The summed E-state index contributed by atoms with van der Waals surface area (Å²) in [6.45, 7) is 0. The summed E-state index contributed by atoms with van der Waals surface area (Å²) >= 11 is 0. The molecule has 0 radical (unpaired) electrons. The van der Waals surface area contributed by atoms with Crippen LogP contribution in [0.4, 0.5) is 0 Å². The van der Waals surface area contributed by atoms with Crippen molar-refractivity contribution in [1.82, 2.24) is 0 Å². The fourth-order valence-electron chi connectivity index (χ4n) is 10.5. The molecule has 0 bridgehead atoms. The Kier molecular flexibility index (Phi) is 5.89. The average molecular weight is 709 g/mol. The van der Waals surface area contributed by atoms with Gasteiger partial charge in [0, 0.05) is 16.2 Å². The Labute approximate surface area is 323 Å². The van der Waals surface area contributed by atoms with Gasteiger partial charge in [-0.2, -0.15) is 0 Å². The third-order valence-electron chi connectivity index (χ3n) is 12.8. The third-order valence-corrected chi connectivity index (χ3v) is 12.8. The van der Waals surface area contributed by atoms with Crippen molar-refractivity contribution in [2.75, 3.05) is 0 Å². The second kappa shape index (κ2) is 10.9. The smallest absolute Gasteiger partial charge is 0.143 e. The fourth-order valence-corrected chi connectivity index (χ4v) is 10.5. The van der Waals surface area contributed by atoms with E-state index >= 15 is 0 Å². The van der Waals surface area contributed by atoms with E-state index in [0.717, 1.165) is 27.3 Å². The lowest BCUT2D eigenvalue weighted by Gasteiger charge is -2.31. The lowest BCUT2D eigenvalue weighted by Crippen LogP contribution is -2.26. The highest BCUT2D eigenvalue weighted by molar-refractivity contribution is 6.16. The molecule has 0 amide bonds. The third kappa shape index (κ3) is 3.84. The van der Waals surface area contributed by atoms with E-state index in [1.54, 1.807) is 0 Å². The lowest BCUT2D eigenvalue weighted by molar-refractivity contribution is 0.672. The number of fused-ring (bicyclic) bond motifs is 18. The van der Waals surface area contributed by atoms with E-state index in [0.29, 0.717) is 0 Å². The molecular weight excluding hydrogens is 677 g/mol. The molecule has 2 aliphatic rings. The summed E-state index contributed by atoms with van der Waals surface area (Å²) < 4.78 is 6.43. The van der Waals surface area contributed by atoms with Crippen LogP contribution in [0.3, 0.4) is 0 Å². The predicted octanol–water partition coefficient (Wildman–Crippen LogP) is 14.7. The molecule has 10 aromatic carbocycles. The molecule has 0 atom stereocenters. The molecule has 1 heteroatoms. The first-order valence-corrected chi connectivity index (χ1v) is 19.5. The maximum Gasteiger partial charge on any atom is 0.143 e. The number of hydrogen-bond donors (Lipinski definition) is 0. The molecular formula is C55H32O. The first kappa shape index (κ1) is 30.1. The zero-order chi connectivity index (χ0) is 36.5. The van der Waals surface area contributed by atoms with Crippen LogP contribution >= 0.6 is 0 Å². The van der Waals surface area contributed by atoms with E-state index in [-0.39, 0.29) is 0 Å². The predicted molar refractivity (Wildman–Crippen MR) is 233 cm³/mol. The van der Waals surface area contributed by atoms with Crippen LogP contribution in [0, 0.1) is 0 Å². The lowest BCUT2D eigenvalue weighted by atomic mass is 9.69. The van der Waals surface area contributed by atoms with Gasteiger partial charge in [0.1, 0.15) is 11.2 Å². The van der Waals surface area contributed by atoms with Gasteiger partial charge in [0.05, 0.1) is 5.41 Å². The minimum absolute atomic E-state index is 0.408. The van der Waals surface area contributed by atoms with E-state index in [9.17, 15) is 0 Å². The first-order valence-electron chi connectivity index (χ1n) is 19.5. The maximum absolute atomic E-state index is 6.43. The SMILES string of the molecule is c1ccc2c(c1)-c1ccccc1C21c2ccccc2-c2c(-c3ccc4cc(-c5ccc6oc7c8ccccc8ccc7c6c5)ccc4c3)cc3ccccc3c21. The molecule has 258 valence electrons. The van der Waals surface area contributed by atoms with Crippen molar-refractivity contribution in [2.24, 2.45) is 0 Å². The van der Waals surface area contributed by atoms with Crippen molar-refractivity contribution in [3.8, 4) is 44.5 Å². The molecule has 0 saturated heterocycles. The molecule has 0 aliphatic heterocycles. The van der Waals surface area contributed by atoms with Crippen molar-refractivity contribution in [3.05, 3.63) is 216 Å². The molecule has 0 N–H and O–H groups in total. The highest BCUT2D eigenvalue weighted by atomic mass is 16.3. The summed E-state index contributed by atoms with van der Waals surface area (Å²) in [4.78, 5) is 0. The van der Waals surface area contributed by atoms with Crippen LogP contribution in [0.2, 0.25) is 0 Å². The molecule has 0 saturated carbocycles. The summed E-state index contributed by atoms with van der Waals surface area (Å²) in [5.41, 5.74) is 17.2. The van der Waals surface area contributed by atoms with Gasteiger partial charge in [-0.05, 0) is 130 Å². The Balaban J connectivity index is 1.00. The van der Waals surface area contributed by atoms with Crippen LogP contribution in [-0.4, -0.2) is 0 Å². The summed E-state index contributed by atoms with van der Waals surface area (Å²) in [6.07, 6.45) is 0. The number of rotatable bonds is 2. The van der Waals surface area contributed by atoms with Crippen molar-refractivity contribution < 1.29 is 4.42 Å². The minimum Gasteiger partial charge on any atom is -0.455 e. The summed E-state index contributed by atoms with van der Waals surface area (Å²) in [6, 6.07) is 72.1. The van der Waals surface area contributed by atoms with Crippen molar-refractivity contribution in [3.63, 3.8) is 0 Å². The van der Waals surface area contributed by atoms with Crippen LogP contribution in [0.25, 0.3) is 98.8 Å². The van der Waals surface area contributed by atoms with Gasteiger partial charge < -0.3 is 4.42 Å². The Morgan fingerprint density at radius 2 is 0.875 bits per heavy atom. The van der Waals surface area contributed by atoms with Gasteiger partial charge >= 0.3 is 0 Å². The molecule has 0 fully saturated rings. The fraction of sp³-hybridized carbons (Fsp3) is 0.0182. The number of furan rings is 1. The Hall–Kier alpha value is -7.22. The molecule has 2 aliphatic carbocycles. The highest BCUT2D eigenvalue weighted by Crippen LogP contribution is 2.65. The second-order valence-electron chi connectivity index (χ2n) is 15.5. The van der Waals surface area contributed by atoms with E-state index in [4.69, 9.17) is 4.42 Å². The average Bonchev–Trinajstić information content (AvgIpc) is 3.90. The van der Waals surface area contributed by atoms with Crippen LogP contribution in [-0.2, 0) is 5.41 Å². The van der Waals surface area contributed by atoms with Crippen LogP contribution < -0.4 is 0 Å². The first-order chi connectivity index (χ1) is 27.8. The maximum atomic E-state index is 6.43. The molecule has 1 spiro atoms. The Bertz CT molecular complexity index is 3440. The topological polar surface area (TPSA) is 13.1 Å². The Morgan fingerprint density at radius 3 is 1.64 bits per heavy atom. The van der Waals surface area contributed by atoms with Gasteiger partial charge in [-0.3, -0.25) is 0 Å². The summed E-state index contributed by atoms with van der Waals surface area (Å²) in [7, 11) is 0. The van der Waals surface area contributed by atoms with Gasteiger partial charge in [0.2, 0.25) is 0 Å². The standard InChI is InChI=1S/C55H32O/c1-4-14-41-33(11-1)25-27-44-47-31-37(26-28-51(47)56-54(41)44)35-21-22-36-30-39(24-23-34(36)29-35)46-32-38-12-2-3-13-40(38)53-52(46)45-17-7-10-20-50(45)55(53)48-18-8-5-15-42(48)43-16-6-9-19-49(43)55/h1-32H. The van der Waals surface area contributed by atoms with Crippen LogP contribution in [0.5, 0.6) is 0 Å². The molecule has 13 rings (SSSR count). The van der Waals surface area contributed by atoms with Crippen LogP contribution in [0.1, 0.15) is 22.3 Å². The highest BCUT2D eigenvalue weighted by Gasteiger charge is 2.52. The second-order valence-corrected chi connectivity index (χ2v) is 15.5. The number of benzene rings is 10. The molecule has 1 nitrogen and oxygen atoms in total. The van der Waals surface area contributed by atoms with Crippen molar-refractivity contribution in [2.45, 2.75) is 5.41 Å². The van der Waals surface area contributed by atoms with Gasteiger partial charge in [-0.25, -0.2) is 0 Å². The summed E-state index contributed by atoms with van der Waals surface area (Å²) in [5, 5.41) is 9.68.